The maximum Gasteiger partial charge on any atom is 0.407 e. The summed E-state index contributed by atoms with van der Waals surface area (Å²) in [6.45, 7) is 4.59. The summed E-state index contributed by atoms with van der Waals surface area (Å²) in [5, 5.41) is 29.7. The average Bonchev–Trinajstić information content (AvgIpc) is 3.08. The van der Waals surface area contributed by atoms with Gasteiger partial charge in [-0.25, -0.2) is 14.2 Å². The number of hydrogen-bond acceptors (Lipinski definition) is 7. The predicted octanol–water partition coefficient (Wildman–Crippen LogP) is 3.04. The van der Waals surface area contributed by atoms with Crippen LogP contribution >= 0.6 is 11.6 Å². The van der Waals surface area contributed by atoms with E-state index in [1.165, 1.54) is 23.1 Å². The molecule has 0 saturated carbocycles. The van der Waals surface area contributed by atoms with E-state index in [2.05, 4.69) is 4.98 Å². The van der Waals surface area contributed by atoms with Gasteiger partial charge < -0.3 is 34.8 Å². The zero-order valence-electron chi connectivity index (χ0n) is 20.4. The molecule has 0 radical (unpaired) electrons. The maximum atomic E-state index is 15.0. The number of hydrogen-bond donors (Lipinski definition) is 3. The van der Waals surface area contributed by atoms with Crippen molar-refractivity contribution in [2.75, 3.05) is 44.3 Å². The van der Waals surface area contributed by atoms with Crippen LogP contribution in [-0.4, -0.2) is 93.1 Å². The van der Waals surface area contributed by atoms with E-state index >= 15 is 0 Å². The van der Waals surface area contributed by atoms with Crippen LogP contribution in [0.5, 0.6) is 11.5 Å². The van der Waals surface area contributed by atoms with E-state index in [4.69, 9.17) is 16.3 Å². The van der Waals surface area contributed by atoms with Gasteiger partial charge in [-0.1, -0.05) is 17.7 Å². The van der Waals surface area contributed by atoms with Crippen LogP contribution < -0.4 is 9.64 Å². The number of aliphatic hydroxyl groups is 1. The van der Waals surface area contributed by atoms with Crippen LogP contribution in [0.4, 0.5) is 15.0 Å². The zero-order chi connectivity index (χ0) is 26.6. The minimum Gasteiger partial charge on any atom is -0.507 e. The van der Waals surface area contributed by atoms with Gasteiger partial charge in [0, 0.05) is 44.2 Å². The number of benzene rings is 1. The van der Waals surface area contributed by atoms with Gasteiger partial charge in [-0.2, -0.15) is 0 Å². The average molecular weight is 535 g/mol. The Kier molecular flexibility index (Phi) is 6.31. The number of carbonyl (C=O) groups excluding carboxylic acids is 1. The molecule has 2 atom stereocenters. The fourth-order valence-corrected chi connectivity index (χ4v) is 5.90. The third kappa shape index (κ3) is 4.19. The van der Waals surface area contributed by atoms with Gasteiger partial charge >= 0.3 is 6.09 Å². The number of aromatic hydroxyl groups is 1. The van der Waals surface area contributed by atoms with Crippen molar-refractivity contribution in [1.82, 2.24) is 14.8 Å². The minimum atomic E-state index is -1.08. The number of carbonyl (C=O) groups is 2. The van der Waals surface area contributed by atoms with E-state index in [-0.39, 0.29) is 77.9 Å². The molecule has 0 aliphatic carbocycles. The maximum absolute atomic E-state index is 15.0. The molecule has 1 unspecified atom stereocenters. The second-order valence-electron chi connectivity index (χ2n) is 10.3. The van der Waals surface area contributed by atoms with E-state index in [1.807, 2.05) is 18.7 Å². The highest BCUT2D eigenvalue weighted by molar-refractivity contribution is 6.35. The Balaban J connectivity index is 1.72. The third-order valence-electron chi connectivity index (χ3n) is 7.43. The fourth-order valence-electron chi connectivity index (χ4n) is 5.61. The number of phenols is 1. The fraction of sp³-hybridized carbons (Fsp3) is 0.480. The number of carboxylic acid groups (broad SMARTS) is 1. The number of nitrogens with zero attached hydrogens (tertiary/aromatic N) is 4. The molecule has 2 amide bonds. The van der Waals surface area contributed by atoms with Gasteiger partial charge in [-0.3, -0.25) is 4.79 Å². The first kappa shape index (κ1) is 25.3. The zero-order valence-corrected chi connectivity index (χ0v) is 21.2. The Morgan fingerprint density at radius 2 is 2.03 bits per heavy atom. The number of phenolic OH excluding ortho intramolecular Hbond substituents is 1. The summed E-state index contributed by atoms with van der Waals surface area (Å²) in [7, 11) is 0. The number of amides is 2. The molecule has 0 spiro atoms. The first-order chi connectivity index (χ1) is 17.5. The van der Waals surface area contributed by atoms with Gasteiger partial charge in [0.2, 0.25) is 0 Å². The van der Waals surface area contributed by atoms with Crippen LogP contribution in [-0.2, 0) is 0 Å². The highest BCUT2D eigenvalue weighted by Crippen LogP contribution is 2.48. The van der Waals surface area contributed by atoms with Gasteiger partial charge in [-0.05, 0) is 32.4 Å². The lowest BCUT2D eigenvalue weighted by Gasteiger charge is -2.39. The molecule has 5 rings (SSSR count). The third-order valence-corrected chi connectivity index (χ3v) is 7.78. The Labute approximate surface area is 217 Å². The molecule has 1 aromatic heterocycles. The Morgan fingerprint density at radius 1 is 1.27 bits per heavy atom. The molecule has 4 heterocycles. The van der Waals surface area contributed by atoms with Crippen molar-refractivity contribution in [1.29, 1.82) is 0 Å². The van der Waals surface area contributed by atoms with Crippen molar-refractivity contribution >= 4 is 29.4 Å². The van der Waals surface area contributed by atoms with Crippen LogP contribution in [0.3, 0.4) is 0 Å². The molecule has 12 heteroatoms. The molecule has 198 valence electrons. The van der Waals surface area contributed by atoms with Crippen molar-refractivity contribution < 1.29 is 34.0 Å². The van der Waals surface area contributed by atoms with Crippen LogP contribution in [0.2, 0.25) is 5.02 Å². The second kappa shape index (κ2) is 9.21. The number of fused-ring (bicyclic) bond motifs is 2. The molecular formula is C25H28ClFN4O6. The van der Waals surface area contributed by atoms with Crippen LogP contribution in [0.1, 0.15) is 30.6 Å². The van der Waals surface area contributed by atoms with Gasteiger partial charge in [0.05, 0.1) is 11.6 Å². The summed E-state index contributed by atoms with van der Waals surface area (Å²) >= 11 is 6.73. The summed E-state index contributed by atoms with van der Waals surface area (Å²) in [5.74, 6) is -1.40. The number of halogens is 2. The van der Waals surface area contributed by atoms with Crippen molar-refractivity contribution in [3.8, 4) is 22.8 Å². The standard InChI is InChI=1S/C25H28ClFN4O6/c1-25(2)8-13(11-32)9-31(25)22-18-21(19(26)20(28-22)17-15(27)4-3-5-16(17)33)37-12-14-10-29(24(35)36)6-7-30(14)23(18)34/h3-5,13-14,32-33H,6-12H2,1-2H3,(H,35,36)/t13?,14-/m1/s1. The van der Waals surface area contributed by atoms with Crippen LogP contribution in [0.25, 0.3) is 11.3 Å². The summed E-state index contributed by atoms with van der Waals surface area (Å²) < 4.78 is 21.0. The second-order valence-corrected chi connectivity index (χ2v) is 10.7. The normalized spacial score (nSPS) is 22.8. The lowest BCUT2D eigenvalue weighted by molar-refractivity contribution is 0.0390. The lowest BCUT2D eigenvalue weighted by Crippen LogP contribution is -2.57. The van der Waals surface area contributed by atoms with E-state index in [1.54, 1.807) is 4.90 Å². The number of piperazine rings is 1. The molecule has 10 nitrogen and oxygen atoms in total. The van der Waals surface area contributed by atoms with Crippen molar-refractivity contribution in [3.05, 3.63) is 34.6 Å². The van der Waals surface area contributed by atoms with Crippen LogP contribution in [0, 0.1) is 11.7 Å². The largest absolute Gasteiger partial charge is 0.507 e. The molecule has 1 aromatic carbocycles. The topological polar surface area (TPSA) is 127 Å². The molecule has 3 N–H and O–H groups in total. The van der Waals surface area contributed by atoms with E-state index in [9.17, 15) is 29.3 Å². The SMILES string of the molecule is CC1(C)CC(CO)CN1c1nc(-c2c(O)cccc2F)c(Cl)c2c1C(=O)N1CCN(C(=O)O)C[C@@H]1CO2. The van der Waals surface area contributed by atoms with Crippen molar-refractivity contribution in [2.24, 2.45) is 5.92 Å². The first-order valence-corrected chi connectivity index (χ1v) is 12.4. The lowest BCUT2D eigenvalue weighted by atomic mass is 9.96. The van der Waals surface area contributed by atoms with Gasteiger partial charge in [0.15, 0.2) is 5.75 Å². The monoisotopic (exact) mass is 534 g/mol. The number of aromatic nitrogens is 1. The number of anilines is 1. The van der Waals surface area contributed by atoms with E-state index < -0.39 is 29.4 Å². The van der Waals surface area contributed by atoms with Gasteiger partial charge in [-0.15, -0.1) is 0 Å². The first-order valence-electron chi connectivity index (χ1n) is 12.0. The van der Waals surface area contributed by atoms with Crippen molar-refractivity contribution in [3.63, 3.8) is 0 Å². The smallest absolute Gasteiger partial charge is 0.407 e. The molecule has 37 heavy (non-hydrogen) atoms. The molecule has 0 bridgehead atoms. The highest BCUT2D eigenvalue weighted by Gasteiger charge is 2.45. The summed E-state index contributed by atoms with van der Waals surface area (Å²) in [6.07, 6.45) is -0.460. The molecule has 2 fully saturated rings. The minimum absolute atomic E-state index is 0.00819. The number of ether oxygens (including phenoxy) is 1. The molecular weight excluding hydrogens is 507 g/mol. The molecule has 3 aliphatic heterocycles. The van der Waals surface area contributed by atoms with Crippen molar-refractivity contribution in [2.45, 2.75) is 31.8 Å². The Bertz CT molecular complexity index is 1250. The summed E-state index contributed by atoms with van der Waals surface area (Å²) in [5.41, 5.74) is -0.719. The van der Waals surface area contributed by atoms with Crippen LogP contribution in [0.15, 0.2) is 18.2 Å². The molecule has 3 aliphatic rings. The van der Waals surface area contributed by atoms with E-state index in [0.717, 1.165) is 0 Å². The van der Waals surface area contributed by atoms with E-state index in [0.29, 0.717) is 13.0 Å². The highest BCUT2D eigenvalue weighted by atomic mass is 35.5. The summed E-state index contributed by atoms with van der Waals surface area (Å²) in [6, 6.07) is 3.28. The molecule has 2 saturated heterocycles. The van der Waals surface area contributed by atoms with Gasteiger partial charge in [0.1, 0.15) is 40.3 Å². The number of rotatable bonds is 3. The summed E-state index contributed by atoms with van der Waals surface area (Å²) in [4.78, 5) is 34.9. The number of pyridine rings is 1. The predicted molar refractivity (Wildman–Crippen MR) is 133 cm³/mol. The number of aliphatic hydroxyl groups excluding tert-OH is 1. The Hall–Kier alpha value is -3.31. The quantitative estimate of drug-likeness (QED) is 0.548. The molecule has 2 aromatic rings. The Morgan fingerprint density at radius 3 is 2.68 bits per heavy atom. The van der Waals surface area contributed by atoms with Gasteiger partial charge in [0.25, 0.3) is 5.91 Å².